The third-order valence-corrected chi connectivity index (χ3v) is 3.43. The zero-order chi connectivity index (χ0) is 13.2. The molecular weight excluding hydrogens is 240 g/mol. The first-order chi connectivity index (χ1) is 9.25. The Labute approximate surface area is 111 Å². The number of carbonyl (C=O) groups is 1. The summed E-state index contributed by atoms with van der Waals surface area (Å²) < 4.78 is 0. The van der Waals surface area contributed by atoms with Gasteiger partial charge in [-0.25, -0.2) is 4.98 Å². The van der Waals surface area contributed by atoms with Gasteiger partial charge in [-0.05, 0) is 19.1 Å². The molecule has 1 aromatic carbocycles. The lowest BCUT2D eigenvalue weighted by atomic mass is 10.2. The Kier molecular flexibility index (Phi) is 3.13. The van der Waals surface area contributed by atoms with Crippen molar-refractivity contribution in [3.8, 4) is 0 Å². The molecule has 0 aliphatic carbocycles. The summed E-state index contributed by atoms with van der Waals surface area (Å²) in [5.74, 6) is -0.0350. The van der Waals surface area contributed by atoms with Crippen LogP contribution >= 0.6 is 0 Å². The smallest absolute Gasteiger partial charge is 0.274 e. The van der Waals surface area contributed by atoms with Gasteiger partial charge in [-0.3, -0.25) is 9.78 Å². The summed E-state index contributed by atoms with van der Waals surface area (Å²) in [6.45, 7) is 4.41. The quantitative estimate of drug-likeness (QED) is 0.829. The van der Waals surface area contributed by atoms with Gasteiger partial charge in [0.2, 0.25) is 0 Å². The minimum absolute atomic E-state index is 0.0350. The van der Waals surface area contributed by atoms with Gasteiger partial charge >= 0.3 is 0 Å². The first-order valence-electron chi connectivity index (χ1n) is 6.49. The molecule has 1 aliphatic rings. The van der Waals surface area contributed by atoms with Crippen molar-refractivity contribution in [2.45, 2.75) is 13.0 Å². The molecule has 0 saturated carbocycles. The largest absolute Gasteiger partial charge is 0.332 e. The molecule has 98 valence electrons. The zero-order valence-electron chi connectivity index (χ0n) is 10.8. The molecule has 1 atom stereocenters. The highest BCUT2D eigenvalue weighted by Gasteiger charge is 2.25. The van der Waals surface area contributed by atoms with Crippen molar-refractivity contribution in [2.75, 3.05) is 19.6 Å². The van der Waals surface area contributed by atoms with E-state index in [0.29, 0.717) is 12.2 Å². The van der Waals surface area contributed by atoms with Gasteiger partial charge in [-0.15, -0.1) is 0 Å². The monoisotopic (exact) mass is 256 g/mol. The zero-order valence-corrected chi connectivity index (χ0v) is 10.8. The molecule has 19 heavy (non-hydrogen) atoms. The standard InChI is InChI=1S/C14H16N4O/c1-10-8-15-6-7-18(10)14(19)13-9-16-11-4-2-3-5-12(11)17-13/h2-5,9-10,15H,6-8H2,1H3. The lowest BCUT2D eigenvalue weighted by molar-refractivity contribution is 0.0649. The summed E-state index contributed by atoms with van der Waals surface area (Å²) >= 11 is 0. The summed E-state index contributed by atoms with van der Waals surface area (Å²) in [7, 11) is 0. The number of aromatic nitrogens is 2. The van der Waals surface area contributed by atoms with E-state index in [-0.39, 0.29) is 11.9 Å². The summed E-state index contributed by atoms with van der Waals surface area (Å²) in [6.07, 6.45) is 1.57. The summed E-state index contributed by atoms with van der Waals surface area (Å²) in [5.41, 5.74) is 2.00. The van der Waals surface area contributed by atoms with E-state index in [4.69, 9.17) is 0 Å². The first-order valence-corrected chi connectivity index (χ1v) is 6.49. The fourth-order valence-electron chi connectivity index (χ4n) is 2.35. The van der Waals surface area contributed by atoms with Crippen LogP contribution in [0.1, 0.15) is 17.4 Å². The third-order valence-electron chi connectivity index (χ3n) is 3.43. The second-order valence-corrected chi connectivity index (χ2v) is 4.80. The van der Waals surface area contributed by atoms with Crippen molar-refractivity contribution < 1.29 is 4.79 Å². The first kappa shape index (κ1) is 12.0. The SMILES string of the molecule is CC1CNCCN1C(=O)c1cnc2ccccc2n1. The molecule has 1 N–H and O–H groups in total. The van der Waals surface area contributed by atoms with E-state index in [0.717, 1.165) is 24.1 Å². The molecule has 1 saturated heterocycles. The van der Waals surface area contributed by atoms with Crippen LogP contribution in [0.4, 0.5) is 0 Å². The Balaban J connectivity index is 1.92. The molecular formula is C14H16N4O. The van der Waals surface area contributed by atoms with Crippen LogP contribution in [0.15, 0.2) is 30.5 Å². The van der Waals surface area contributed by atoms with Crippen LogP contribution < -0.4 is 5.32 Å². The van der Waals surface area contributed by atoms with Crippen LogP contribution in [0, 0.1) is 0 Å². The van der Waals surface area contributed by atoms with Gasteiger partial charge in [-0.2, -0.15) is 0 Å². The topological polar surface area (TPSA) is 58.1 Å². The van der Waals surface area contributed by atoms with Crippen molar-refractivity contribution in [1.82, 2.24) is 20.2 Å². The molecule has 3 rings (SSSR count). The summed E-state index contributed by atoms with van der Waals surface area (Å²) in [4.78, 5) is 23.0. The Bertz CT molecular complexity index is 613. The fourth-order valence-corrected chi connectivity index (χ4v) is 2.35. The fraction of sp³-hybridized carbons (Fsp3) is 0.357. The van der Waals surface area contributed by atoms with Crippen LogP contribution in [0.25, 0.3) is 11.0 Å². The number of rotatable bonds is 1. The number of hydrogen-bond acceptors (Lipinski definition) is 4. The molecule has 1 unspecified atom stereocenters. The van der Waals surface area contributed by atoms with Crippen LogP contribution in [-0.4, -0.2) is 46.5 Å². The molecule has 1 fully saturated rings. The van der Waals surface area contributed by atoms with Crippen molar-refractivity contribution in [2.24, 2.45) is 0 Å². The number of benzene rings is 1. The number of amides is 1. The van der Waals surface area contributed by atoms with Crippen LogP contribution in [-0.2, 0) is 0 Å². The number of hydrogen-bond donors (Lipinski definition) is 1. The van der Waals surface area contributed by atoms with E-state index in [9.17, 15) is 4.79 Å². The average molecular weight is 256 g/mol. The molecule has 1 aliphatic heterocycles. The van der Waals surface area contributed by atoms with E-state index >= 15 is 0 Å². The number of nitrogens with zero attached hydrogens (tertiary/aromatic N) is 3. The van der Waals surface area contributed by atoms with E-state index in [1.54, 1.807) is 6.20 Å². The van der Waals surface area contributed by atoms with Crippen LogP contribution in [0.3, 0.4) is 0 Å². The number of fused-ring (bicyclic) bond motifs is 1. The van der Waals surface area contributed by atoms with Gasteiger partial charge in [0, 0.05) is 25.7 Å². The van der Waals surface area contributed by atoms with Gasteiger partial charge in [0.1, 0.15) is 5.69 Å². The highest BCUT2D eigenvalue weighted by molar-refractivity contribution is 5.94. The second kappa shape index (κ2) is 4.93. The number of piperazine rings is 1. The van der Waals surface area contributed by atoms with E-state index in [1.807, 2.05) is 36.1 Å². The Morgan fingerprint density at radius 3 is 2.95 bits per heavy atom. The molecule has 0 spiro atoms. The summed E-state index contributed by atoms with van der Waals surface area (Å²) in [6, 6.07) is 7.77. The number of nitrogens with one attached hydrogen (secondary N) is 1. The molecule has 2 heterocycles. The summed E-state index contributed by atoms with van der Waals surface area (Å²) in [5, 5.41) is 3.27. The van der Waals surface area contributed by atoms with Crippen molar-refractivity contribution in [1.29, 1.82) is 0 Å². The van der Waals surface area contributed by atoms with Gasteiger partial charge in [0.05, 0.1) is 17.2 Å². The maximum atomic E-state index is 12.4. The minimum Gasteiger partial charge on any atom is -0.332 e. The molecule has 5 heteroatoms. The van der Waals surface area contributed by atoms with E-state index in [2.05, 4.69) is 15.3 Å². The lowest BCUT2D eigenvalue weighted by Crippen LogP contribution is -2.52. The molecule has 5 nitrogen and oxygen atoms in total. The number of carbonyl (C=O) groups excluding carboxylic acids is 1. The lowest BCUT2D eigenvalue weighted by Gasteiger charge is -2.33. The van der Waals surface area contributed by atoms with Crippen LogP contribution in [0.2, 0.25) is 0 Å². The number of para-hydroxylation sites is 2. The Morgan fingerprint density at radius 1 is 1.37 bits per heavy atom. The normalized spacial score (nSPS) is 19.6. The van der Waals surface area contributed by atoms with Gasteiger partial charge in [-0.1, -0.05) is 12.1 Å². The average Bonchev–Trinajstić information content (AvgIpc) is 2.46. The van der Waals surface area contributed by atoms with E-state index in [1.165, 1.54) is 0 Å². The molecule has 1 aromatic heterocycles. The molecule has 0 bridgehead atoms. The Hall–Kier alpha value is -2.01. The predicted octanol–water partition coefficient (Wildman–Crippen LogP) is 1.06. The molecule has 2 aromatic rings. The second-order valence-electron chi connectivity index (χ2n) is 4.80. The maximum Gasteiger partial charge on any atom is 0.274 e. The van der Waals surface area contributed by atoms with Crippen molar-refractivity contribution >= 4 is 16.9 Å². The highest BCUT2D eigenvalue weighted by Crippen LogP contribution is 2.12. The minimum atomic E-state index is -0.0350. The van der Waals surface area contributed by atoms with Crippen LogP contribution in [0.5, 0.6) is 0 Å². The Morgan fingerprint density at radius 2 is 2.16 bits per heavy atom. The van der Waals surface area contributed by atoms with Gasteiger partial charge in [0.25, 0.3) is 5.91 Å². The maximum absolute atomic E-state index is 12.4. The third kappa shape index (κ3) is 2.29. The molecule has 1 amide bonds. The van der Waals surface area contributed by atoms with Gasteiger partial charge in [0.15, 0.2) is 0 Å². The van der Waals surface area contributed by atoms with Crippen molar-refractivity contribution in [3.63, 3.8) is 0 Å². The predicted molar refractivity (Wildman–Crippen MR) is 72.9 cm³/mol. The van der Waals surface area contributed by atoms with E-state index < -0.39 is 0 Å². The van der Waals surface area contributed by atoms with Crippen molar-refractivity contribution in [3.05, 3.63) is 36.2 Å². The molecule has 0 radical (unpaired) electrons. The highest BCUT2D eigenvalue weighted by atomic mass is 16.2. The van der Waals surface area contributed by atoms with Gasteiger partial charge < -0.3 is 10.2 Å².